The van der Waals surface area contributed by atoms with E-state index in [4.69, 9.17) is 0 Å². The monoisotopic (exact) mass is 222 g/mol. The molecular weight excluding hydrogens is 204 g/mol. The molecule has 1 amide bonds. The van der Waals surface area contributed by atoms with Crippen LogP contribution in [0.5, 0.6) is 0 Å². The summed E-state index contributed by atoms with van der Waals surface area (Å²) >= 11 is 0. The van der Waals surface area contributed by atoms with E-state index in [0.717, 1.165) is 6.54 Å². The van der Waals surface area contributed by atoms with Crippen molar-refractivity contribution in [3.63, 3.8) is 0 Å². The summed E-state index contributed by atoms with van der Waals surface area (Å²) in [4.78, 5) is 19.8. The normalized spacial score (nSPS) is 10.2. The molecule has 0 saturated heterocycles. The number of aromatic nitrogens is 2. The molecule has 2 N–H and O–H groups in total. The Balaban J connectivity index is 2.64. The maximum absolute atomic E-state index is 11.7. The molecule has 1 rings (SSSR count). The van der Waals surface area contributed by atoms with E-state index in [0.29, 0.717) is 24.0 Å². The molecule has 0 aliphatic carbocycles. The average Bonchev–Trinajstić information content (AvgIpc) is 2.26. The molecule has 16 heavy (non-hydrogen) atoms. The molecule has 0 spiro atoms. The number of hydrogen-bond donors (Lipinski definition) is 2. The highest BCUT2D eigenvalue weighted by Gasteiger charge is 2.08. The minimum Gasteiger partial charge on any atom is -0.369 e. The highest BCUT2D eigenvalue weighted by atomic mass is 16.1. The molecule has 0 radical (unpaired) electrons. The smallest absolute Gasteiger partial charge is 0.271 e. The molecule has 0 aliphatic rings. The Morgan fingerprint density at radius 3 is 2.81 bits per heavy atom. The first-order chi connectivity index (χ1) is 7.63. The number of anilines is 1. The third kappa shape index (κ3) is 3.84. The van der Waals surface area contributed by atoms with Gasteiger partial charge in [-0.3, -0.25) is 9.78 Å². The Bertz CT molecular complexity index is 352. The molecule has 5 nitrogen and oxygen atoms in total. The van der Waals surface area contributed by atoms with Crippen LogP contribution in [0.3, 0.4) is 0 Å². The van der Waals surface area contributed by atoms with Gasteiger partial charge in [0.2, 0.25) is 0 Å². The second-order valence-corrected chi connectivity index (χ2v) is 3.92. The predicted molar refractivity (Wildman–Crippen MR) is 63.4 cm³/mol. The number of amides is 1. The molecule has 5 heteroatoms. The van der Waals surface area contributed by atoms with Gasteiger partial charge in [-0.1, -0.05) is 13.8 Å². The fraction of sp³-hybridized carbons (Fsp3) is 0.545. The fourth-order valence-electron chi connectivity index (χ4n) is 1.13. The minimum atomic E-state index is -0.180. The largest absolute Gasteiger partial charge is 0.369 e. The molecule has 1 aromatic rings. The molecule has 1 heterocycles. The molecule has 0 unspecified atom stereocenters. The van der Waals surface area contributed by atoms with Crippen LogP contribution in [0.1, 0.15) is 31.3 Å². The van der Waals surface area contributed by atoms with Crippen molar-refractivity contribution in [3.05, 3.63) is 18.1 Å². The van der Waals surface area contributed by atoms with Gasteiger partial charge in [-0.05, 0) is 12.8 Å². The molecule has 0 bridgehead atoms. The van der Waals surface area contributed by atoms with Gasteiger partial charge in [0.15, 0.2) is 0 Å². The number of carbonyl (C=O) groups is 1. The first kappa shape index (κ1) is 12.4. The van der Waals surface area contributed by atoms with Gasteiger partial charge in [0.05, 0.1) is 12.4 Å². The Hall–Kier alpha value is -1.65. The van der Waals surface area contributed by atoms with Crippen molar-refractivity contribution in [2.24, 2.45) is 5.92 Å². The van der Waals surface area contributed by atoms with Crippen LogP contribution in [0, 0.1) is 5.92 Å². The SMILES string of the molecule is CCNc1cncc(C(=O)NCC(C)C)n1. The van der Waals surface area contributed by atoms with Gasteiger partial charge in [-0.2, -0.15) is 0 Å². The summed E-state index contributed by atoms with van der Waals surface area (Å²) in [5, 5.41) is 5.81. The Kier molecular flexibility index (Phi) is 4.69. The van der Waals surface area contributed by atoms with E-state index in [2.05, 4.69) is 20.6 Å². The van der Waals surface area contributed by atoms with Crippen LogP contribution < -0.4 is 10.6 Å². The van der Waals surface area contributed by atoms with Gasteiger partial charge in [0.25, 0.3) is 5.91 Å². The van der Waals surface area contributed by atoms with Crippen LogP contribution in [0.2, 0.25) is 0 Å². The van der Waals surface area contributed by atoms with Crippen molar-refractivity contribution in [2.75, 3.05) is 18.4 Å². The van der Waals surface area contributed by atoms with Crippen molar-refractivity contribution in [2.45, 2.75) is 20.8 Å². The maximum Gasteiger partial charge on any atom is 0.271 e. The third-order valence-corrected chi connectivity index (χ3v) is 1.90. The molecule has 0 atom stereocenters. The van der Waals surface area contributed by atoms with E-state index >= 15 is 0 Å². The lowest BCUT2D eigenvalue weighted by Gasteiger charge is -2.07. The summed E-state index contributed by atoms with van der Waals surface area (Å²) < 4.78 is 0. The van der Waals surface area contributed by atoms with Crippen LogP contribution in [-0.2, 0) is 0 Å². The van der Waals surface area contributed by atoms with Crippen molar-refractivity contribution >= 4 is 11.7 Å². The average molecular weight is 222 g/mol. The zero-order valence-corrected chi connectivity index (χ0v) is 9.95. The third-order valence-electron chi connectivity index (χ3n) is 1.90. The zero-order chi connectivity index (χ0) is 12.0. The van der Waals surface area contributed by atoms with Crippen LogP contribution in [0.15, 0.2) is 12.4 Å². The van der Waals surface area contributed by atoms with Crippen LogP contribution in [-0.4, -0.2) is 29.0 Å². The Labute approximate surface area is 95.7 Å². The van der Waals surface area contributed by atoms with Crippen LogP contribution >= 0.6 is 0 Å². The standard InChI is InChI=1S/C11H18N4O/c1-4-13-10-7-12-6-9(15-10)11(16)14-5-8(2)3/h6-8H,4-5H2,1-3H3,(H,13,15)(H,14,16). The highest BCUT2D eigenvalue weighted by molar-refractivity contribution is 5.92. The Morgan fingerprint density at radius 1 is 1.44 bits per heavy atom. The van der Waals surface area contributed by atoms with Gasteiger partial charge < -0.3 is 10.6 Å². The zero-order valence-electron chi connectivity index (χ0n) is 9.95. The van der Waals surface area contributed by atoms with E-state index in [1.54, 1.807) is 6.20 Å². The van der Waals surface area contributed by atoms with Gasteiger partial charge in [0.1, 0.15) is 11.5 Å². The topological polar surface area (TPSA) is 66.9 Å². The lowest BCUT2D eigenvalue weighted by atomic mass is 10.2. The van der Waals surface area contributed by atoms with E-state index in [9.17, 15) is 4.79 Å². The summed E-state index contributed by atoms with van der Waals surface area (Å²) in [5.74, 6) is 0.870. The number of nitrogens with zero attached hydrogens (tertiary/aromatic N) is 2. The summed E-state index contributed by atoms with van der Waals surface area (Å²) in [7, 11) is 0. The summed E-state index contributed by atoms with van der Waals surface area (Å²) in [6.45, 7) is 7.45. The number of rotatable bonds is 5. The van der Waals surface area contributed by atoms with Gasteiger partial charge in [0, 0.05) is 13.1 Å². The van der Waals surface area contributed by atoms with Crippen LogP contribution in [0.4, 0.5) is 5.82 Å². The van der Waals surface area contributed by atoms with Gasteiger partial charge >= 0.3 is 0 Å². The minimum absolute atomic E-state index is 0.180. The van der Waals surface area contributed by atoms with Crippen molar-refractivity contribution < 1.29 is 4.79 Å². The molecule has 0 saturated carbocycles. The number of carbonyl (C=O) groups excluding carboxylic acids is 1. The van der Waals surface area contributed by atoms with E-state index < -0.39 is 0 Å². The lowest BCUT2D eigenvalue weighted by molar-refractivity contribution is 0.0943. The highest BCUT2D eigenvalue weighted by Crippen LogP contribution is 2.01. The van der Waals surface area contributed by atoms with E-state index in [1.165, 1.54) is 6.20 Å². The van der Waals surface area contributed by atoms with Crippen molar-refractivity contribution in [3.8, 4) is 0 Å². The van der Waals surface area contributed by atoms with Gasteiger partial charge in [-0.25, -0.2) is 4.98 Å². The molecular formula is C11H18N4O. The second-order valence-electron chi connectivity index (χ2n) is 3.92. The summed E-state index contributed by atoms with van der Waals surface area (Å²) in [5.41, 5.74) is 0.346. The first-order valence-electron chi connectivity index (χ1n) is 5.47. The number of hydrogen-bond acceptors (Lipinski definition) is 4. The summed E-state index contributed by atoms with van der Waals surface area (Å²) in [6.07, 6.45) is 3.07. The molecule has 0 aliphatic heterocycles. The Morgan fingerprint density at radius 2 is 2.19 bits per heavy atom. The molecule has 1 aromatic heterocycles. The fourth-order valence-corrected chi connectivity index (χ4v) is 1.13. The first-order valence-corrected chi connectivity index (χ1v) is 5.47. The quantitative estimate of drug-likeness (QED) is 0.788. The van der Waals surface area contributed by atoms with E-state index in [-0.39, 0.29) is 5.91 Å². The predicted octanol–water partition coefficient (Wildman–Crippen LogP) is 1.29. The van der Waals surface area contributed by atoms with Crippen molar-refractivity contribution in [1.82, 2.24) is 15.3 Å². The van der Waals surface area contributed by atoms with E-state index in [1.807, 2.05) is 20.8 Å². The second kappa shape index (κ2) is 6.05. The van der Waals surface area contributed by atoms with Gasteiger partial charge in [-0.15, -0.1) is 0 Å². The van der Waals surface area contributed by atoms with Crippen LogP contribution in [0.25, 0.3) is 0 Å². The summed E-state index contributed by atoms with van der Waals surface area (Å²) in [6, 6.07) is 0. The van der Waals surface area contributed by atoms with Crippen molar-refractivity contribution in [1.29, 1.82) is 0 Å². The lowest BCUT2D eigenvalue weighted by Crippen LogP contribution is -2.28. The maximum atomic E-state index is 11.7. The molecule has 0 fully saturated rings. The number of nitrogens with one attached hydrogen (secondary N) is 2. The molecule has 0 aromatic carbocycles. The molecule has 88 valence electrons.